The lowest BCUT2D eigenvalue weighted by atomic mass is 10.1. The Kier molecular flexibility index (Phi) is 3.34. The second-order valence-corrected chi connectivity index (χ2v) is 3.47. The highest BCUT2D eigenvalue weighted by Gasteiger charge is 2.23. The van der Waals surface area contributed by atoms with Gasteiger partial charge in [0.25, 0.3) is 0 Å². The maximum Gasteiger partial charge on any atom is 0.0620 e. The lowest BCUT2D eigenvalue weighted by molar-refractivity contribution is -0.0363. The third-order valence-electron chi connectivity index (χ3n) is 2.33. The van der Waals surface area contributed by atoms with Crippen LogP contribution in [-0.2, 0) is 4.74 Å². The average molecular weight is 157 g/mol. The largest absolute Gasteiger partial charge is 0.378 e. The van der Waals surface area contributed by atoms with Gasteiger partial charge in [-0.3, -0.25) is 4.90 Å². The van der Waals surface area contributed by atoms with Crippen LogP contribution in [-0.4, -0.2) is 36.7 Å². The van der Waals surface area contributed by atoms with E-state index in [-0.39, 0.29) is 0 Å². The van der Waals surface area contributed by atoms with Crippen molar-refractivity contribution in [2.45, 2.75) is 39.3 Å². The van der Waals surface area contributed by atoms with Crippen LogP contribution in [0.1, 0.15) is 27.2 Å². The van der Waals surface area contributed by atoms with E-state index in [4.69, 9.17) is 4.74 Å². The van der Waals surface area contributed by atoms with Gasteiger partial charge in [0, 0.05) is 12.1 Å². The summed E-state index contributed by atoms with van der Waals surface area (Å²) in [5.41, 5.74) is 0. The minimum absolute atomic E-state index is 0.610. The molecule has 0 unspecified atom stereocenters. The van der Waals surface area contributed by atoms with E-state index in [1.807, 2.05) is 0 Å². The highest BCUT2D eigenvalue weighted by atomic mass is 16.5. The zero-order valence-electron chi connectivity index (χ0n) is 7.84. The Bertz CT molecular complexity index is 106. The van der Waals surface area contributed by atoms with Crippen LogP contribution in [0.25, 0.3) is 0 Å². The molecule has 0 amide bonds. The summed E-state index contributed by atoms with van der Waals surface area (Å²) in [6.45, 7) is 9.74. The van der Waals surface area contributed by atoms with Crippen molar-refractivity contribution in [3.05, 3.63) is 0 Å². The van der Waals surface area contributed by atoms with Gasteiger partial charge in [-0.2, -0.15) is 0 Å². The second-order valence-electron chi connectivity index (χ2n) is 3.47. The van der Waals surface area contributed by atoms with Crippen molar-refractivity contribution in [3.8, 4) is 0 Å². The Morgan fingerprint density at radius 1 is 1.27 bits per heavy atom. The van der Waals surface area contributed by atoms with Gasteiger partial charge in [0.15, 0.2) is 0 Å². The van der Waals surface area contributed by atoms with E-state index in [1.54, 1.807) is 0 Å². The topological polar surface area (TPSA) is 12.5 Å². The molecule has 0 aromatic carbocycles. The fourth-order valence-electron chi connectivity index (χ4n) is 1.73. The van der Waals surface area contributed by atoms with Crippen molar-refractivity contribution in [2.24, 2.45) is 0 Å². The first-order valence-corrected chi connectivity index (χ1v) is 4.59. The zero-order chi connectivity index (χ0) is 8.27. The monoisotopic (exact) mass is 157 g/mol. The van der Waals surface area contributed by atoms with Gasteiger partial charge < -0.3 is 4.74 Å². The second kappa shape index (κ2) is 4.07. The molecule has 0 aromatic rings. The van der Waals surface area contributed by atoms with E-state index in [1.165, 1.54) is 13.0 Å². The zero-order valence-corrected chi connectivity index (χ0v) is 7.84. The molecule has 11 heavy (non-hydrogen) atoms. The first-order valence-electron chi connectivity index (χ1n) is 4.59. The van der Waals surface area contributed by atoms with Gasteiger partial charge in [-0.05, 0) is 26.8 Å². The number of hydrogen-bond acceptors (Lipinski definition) is 2. The minimum atomic E-state index is 0.610. The average Bonchev–Trinajstić information content (AvgIpc) is 1.97. The van der Waals surface area contributed by atoms with Crippen molar-refractivity contribution in [2.75, 3.05) is 19.8 Å². The highest BCUT2D eigenvalue weighted by molar-refractivity contribution is 4.76. The van der Waals surface area contributed by atoms with Gasteiger partial charge >= 0.3 is 0 Å². The normalized spacial score (nSPS) is 34.1. The van der Waals surface area contributed by atoms with E-state index in [2.05, 4.69) is 25.7 Å². The fourth-order valence-corrected chi connectivity index (χ4v) is 1.73. The van der Waals surface area contributed by atoms with E-state index >= 15 is 0 Å². The summed E-state index contributed by atoms with van der Waals surface area (Å²) < 4.78 is 5.43. The van der Waals surface area contributed by atoms with Crippen molar-refractivity contribution in [1.29, 1.82) is 0 Å². The molecule has 2 nitrogen and oxygen atoms in total. The van der Waals surface area contributed by atoms with Gasteiger partial charge in [-0.1, -0.05) is 6.92 Å². The van der Waals surface area contributed by atoms with E-state index in [0.717, 1.165) is 13.2 Å². The summed E-state index contributed by atoms with van der Waals surface area (Å²) in [6, 6.07) is 1.22. The third kappa shape index (κ3) is 2.17. The molecule has 0 N–H and O–H groups in total. The molecular formula is C9H19NO. The fraction of sp³-hybridized carbons (Fsp3) is 1.00. The van der Waals surface area contributed by atoms with Crippen LogP contribution >= 0.6 is 0 Å². The molecule has 1 aliphatic heterocycles. The van der Waals surface area contributed by atoms with Crippen LogP contribution in [0.15, 0.2) is 0 Å². The molecule has 0 aromatic heterocycles. The Hall–Kier alpha value is -0.0800. The molecule has 2 atom stereocenters. The van der Waals surface area contributed by atoms with Crippen molar-refractivity contribution in [1.82, 2.24) is 4.90 Å². The molecule has 0 spiro atoms. The summed E-state index contributed by atoms with van der Waals surface area (Å²) >= 11 is 0. The maximum absolute atomic E-state index is 5.43. The van der Waals surface area contributed by atoms with Gasteiger partial charge in [-0.25, -0.2) is 0 Å². The standard InChI is InChI=1S/C9H19NO/c1-4-5-10-8(2)6-11-7-9(10)3/h8-9H,4-7H2,1-3H3/t8-,9-/m0/s1. The molecule has 0 bridgehead atoms. The number of ether oxygens (including phenoxy) is 1. The molecular weight excluding hydrogens is 138 g/mol. The van der Waals surface area contributed by atoms with E-state index in [0.29, 0.717) is 12.1 Å². The van der Waals surface area contributed by atoms with Crippen molar-refractivity contribution in [3.63, 3.8) is 0 Å². The Balaban J connectivity index is 2.41. The van der Waals surface area contributed by atoms with E-state index in [9.17, 15) is 0 Å². The van der Waals surface area contributed by atoms with Crippen LogP contribution in [0.3, 0.4) is 0 Å². The quantitative estimate of drug-likeness (QED) is 0.602. The lowest BCUT2D eigenvalue weighted by Crippen LogP contribution is -2.49. The Morgan fingerprint density at radius 2 is 1.82 bits per heavy atom. The Labute approximate surface area is 69.5 Å². The SMILES string of the molecule is CCCN1[C@@H](C)COC[C@@H]1C. The number of morpholine rings is 1. The number of hydrogen-bond donors (Lipinski definition) is 0. The molecule has 1 rings (SSSR count). The molecule has 0 radical (unpaired) electrons. The van der Waals surface area contributed by atoms with Crippen molar-refractivity contribution < 1.29 is 4.74 Å². The Morgan fingerprint density at radius 3 is 2.27 bits per heavy atom. The van der Waals surface area contributed by atoms with Gasteiger partial charge in [0.05, 0.1) is 13.2 Å². The minimum Gasteiger partial charge on any atom is -0.378 e. The van der Waals surface area contributed by atoms with Crippen LogP contribution in [0, 0.1) is 0 Å². The van der Waals surface area contributed by atoms with Crippen LogP contribution in [0.2, 0.25) is 0 Å². The summed E-state index contributed by atoms with van der Waals surface area (Å²) in [5.74, 6) is 0. The van der Waals surface area contributed by atoms with Gasteiger partial charge in [0.1, 0.15) is 0 Å². The summed E-state index contributed by atoms with van der Waals surface area (Å²) in [4.78, 5) is 2.53. The summed E-state index contributed by atoms with van der Waals surface area (Å²) in [5, 5.41) is 0. The highest BCUT2D eigenvalue weighted by Crippen LogP contribution is 2.12. The molecule has 1 heterocycles. The number of rotatable bonds is 2. The summed E-state index contributed by atoms with van der Waals surface area (Å²) in [6.07, 6.45) is 1.24. The molecule has 66 valence electrons. The predicted molar refractivity (Wildman–Crippen MR) is 46.7 cm³/mol. The smallest absolute Gasteiger partial charge is 0.0620 e. The van der Waals surface area contributed by atoms with Gasteiger partial charge in [-0.15, -0.1) is 0 Å². The first kappa shape index (κ1) is 9.01. The summed E-state index contributed by atoms with van der Waals surface area (Å²) in [7, 11) is 0. The van der Waals surface area contributed by atoms with Crippen LogP contribution < -0.4 is 0 Å². The molecule has 0 saturated carbocycles. The van der Waals surface area contributed by atoms with E-state index < -0.39 is 0 Å². The first-order chi connectivity index (χ1) is 5.25. The molecule has 2 heteroatoms. The third-order valence-corrected chi connectivity index (χ3v) is 2.33. The number of nitrogens with zero attached hydrogens (tertiary/aromatic N) is 1. The molecule has 1 saturated heterocycles. The van der Waals surface area contributed by atoms with Crippen LogP contribution in [0.5, 0.6) is 0 Å². The molecule has 1 fully saturated rings. The van der Waals surface area contributed by atoms with Crippen LogP contribution in [0.4, 0.5) is 0 Å². The molecule has 1 aliphatic rings. The van der Waals surface area contributed by atoms with Crippen molar-refractivity contribution >= 4 is 0 Å². The predicted octanol–water partition coefficient (Wildman–Crippen LogP) is 1.51. The lowest BCUT2D eigenvalue weighted by Gasteiger charge is -2.38. The van der Waals surface area contributed by atoms with Gasteiger partial charge in [0.2, 0.25) is 0 Å². The maximum atomic E-state index is 5.43. The molecule has 0 aliphatic carbocycles.